The summed E-state index contributed by atoms with van der Waals surface area (Å²) in [5, 5.41) is 11.0. The maximum absolute atomic E-state index is 10.2. The van der Waals surface area contributed by atoms with E-state index in [2.05, 4.69) is 69.7 Å². The Bertz CT molecular complexity index is 1610. The standard InChI is InChI=1S/C31H28ClN5/c1-22-26(19-23-7-3-2-4-8-23)31(37-29-10-6-5-9-28(29)34-30(37)27(22)20-33)36-17-15-35(16-18-36)21-24-11-13-25(32)14-12-24/h2-14H,15-19,21H2,1H3. The van der Waals surface area contributed by atoms with E-state index in [4.69, 9.17) is 16.6 Å². The molecule has 1 saturated heterocycles. The molecular weight excluding hydrogens is 478 g/mol. The molecule has 6 heteroatoms. The molecule has 2 aromatic heterocycles. The molecule has 0 bridgehead atoms. The van der Waals surface area contributed by atoms with Crippen LogP contribution in [-0.2, 0) is 13.0 Å². The molecule has 0 unspecified atom stereocenters. The van der Waals surface area contributed by atoms with Gasteiger partial charge in [-0.15, -0.1) is 0 Å². The van der Waals surface area contributed by atoms with E-state index >= 15 is 0 Å². The van der Waals surface area contributed by atoms with Crippen molar-refractivity contribution in [1.29, 1.82) is 5.26 Å². The van der Waals surface area contributed by atoms with E-state index in [0.29, 0.717) is 5.56 Å². The number of pyridine rings is 1. The molecule has 0 radical (unpaired) electrons. The van der Waals surface area contributed by atoms with Gasteiger partial charge in [-0.1, -0.05) is 66.2 Å². The summed E-state index contributed by atoms with van der Waals surface area (Å²) < 4.78 is 2.23. The molecule has 0 saturated carbocycles. The van der Waals surface area contributed by atoms with Crippen LogP contribution < -0.4 is 4.90 Å². The van der Waals surface area contributed by atoms with Crippen LogP contribution in [0.2, 0.25) is 5.02 Å². The zero-order chi connectivity index (χ0) is 25.4. The lowest BCUT2D eigenvalue weighted by atomic mass is 9.97. The summed E-state index contributed by atoms with van der Waals surface area (Å²) in [6.07, 6.45) is 0.768. The number of piperazine rings is 1. The third-order valence-corrected chi connectivity index (χ3v) is 7.67. The highest BCUT2D eigenvalue weighted by molar-refractivity contribution is 6.30. The number of nitrogens with zero attached hydrogens (tertiary/aromatic N) is 5. The largest absolute Gasteiger partial charge is 0.355 e. The summed E-state index contributed by atoms with van der Waals surface area (Å²) in [5.41, 5.74) is 8.10. The molecule has 0 aliphatic carbocycles. The number of hydrogen-bond acceptors (Lipinski definition) is 4. The zero-order valence-electron chi connectivity index (χ0n) is 20.9. The van der Waals surface area contributed by atoms with Crippen LogP contribution in [0, 0.1) is 18.3 Å². The fourth-order valence-electron chi connectivity index (χ4n) is 5.47. The molecule has 1 fully saturated rings. The summed E-state index contributed by atoms with van der Waals surface area (Å²) in [7, 11) is 0. The Morgan fingerprint density at radius 3 is 2.30 bits per heavy atom. The number of fused-ring (bicyclic) bond motifs is 3. The quantitative estimate of drug-likeness (QED) is 0.284. The summed E-state index contributed by atoms with van der Waals surface area (Å²) >= 11 is 6.08. The molecule has 3 aromatic carbocycles. The Morgan fingerprint density at radius 1 is 0.865 bits per heavy atom. The number of benzene rings is 3. The first-order valence-corrected chi connectivity index (χ1v) is 13.1. The highest BCUT2D eigenvalue weighted by atomic mass is 35.5. The molecule has 0 N–H and O–H groups in total. The van der Waals surface area contributed by atoms with E-state index in [1.54, 1.807) is 0 Å². The lowest BCUT2D eigenvalue weighted by molar-refractivity contribution is 0.249. The smallest absolute Gasteiger partial charge is 0.157 e. The van der Waals surface area contributed by atoms with Gasteiger partial charge in [0.05, 0.1) is 16.6 Å². The lowest BCUT2D eigenvalue weighted by Crippen LogP contribution is -2.47. The Balaban J connectivity index is 1.43. The number of hydrogen-bond donors (Lipinski definition) is 0. The third-order valence-electron chi connectivity index (χ3n) is 7.42. The molecule has 184 valence electrons. The van der Waals surface area contributed by atoms with Gasteiger partial charge in [-0.3, -0.25) is 9.30 Å². The van der Waals surface area contributed by atoms with Gasteiger partial charge in [0.1, 0.15) is 11.9 Å². The average molecular weight is 506 g/mol. The first-order valence-electron chi connectivity index (χ1n) is 12.7. The fourth-order valence-corrected chi connectivity index (χ4v) is 5.60. The molecule has 6 rings (SSSR count). The van der Waals surface area contributed by atoms with Crippen molar-refractivity contribution >= 4 is 34.1 Å². The number of imidazole rings is 1. The van der Waals surface area contributed by atoms with Crippen LogP contribution >= 0.6 is 11.6 Å². The van der Waals surface area contributed by atoms with Crippen molar-refractivity contribution in [3.05, 3.63) is 112 Å². The molecule has 37 heavy (non-hydrogen) atoms. The summed E-state index contributed by atoms with van der Waals surface area (Å²) in [4.78, 5) is 9.91. The number of anilines is 1. The van der Waals surface area contributed by atoms with Gasteiger partial charge in [-0.05, 0) is 47.9 Å². The number of halogens is 1. The second kappa shape index (κ2) is 9.89. The van der Waals surface area contributed by atoms with Gasteiger partial charge in [0.2, 0.25) is 0 Å². The lowest BCUT2D eigenvalue weighted by Gasteiger charge is -2.38. The zero-order valence-corrected chi connectivity index (χ0v) is 21.6. The Kier molecular flexibility index (Phi) is 6.30. The van der Waals surface area contributed by atoms with Crippen LogP contribution in [0.3, 0.4) is 0 Å². The van der Waals surface area contributed by atoms with Crippen LogP contribution in [0.1, 0.15) is 27.8 Å². The Hall–Kier alpha value is -3.85. The highest BCUT2D eigenvalue weighted by Crippen LogP contribution is 2.35. The first-order chi connectivity index (χ1) is 18.1. The topological polar surface area (TPSA) is 47.6 Å². The number of aromatic nitrogens is 2. The Morgan fingerprint density at radius 2 is 1.57 bits per heavy atom. The molecule has 0 atom stereocenters. The molecule has 1 aliphatic rings. The highest BCUT2D eigenvalue weighted by Gasteiger charge is 2.27. The van der Waals surface area contributed by atoms with Crippen LogP contribution in [0.25, 0.3) is 16.7 Å². The van der Waals surface area contributed by atoms with Crippen molar-refractivity contribution in [2.75, 3.05) is 31.1 Å². The van der Waals surface area contributed by atoms with Gasteiger partial charge in [0.25, 0.3) is 0 Å². The Labute approximate surface area is 222 Å². The van der Waals surface area contributed by atoms with Gasteiger partial charge in [0.15, 0.2) is 5.65 Å². The SMILES string of the molecule is Cc1c(Cc2ccccc2)c(N2CCN(Cc3ccc(Cl)cc3)CC2)n2c(nc3ccccc32)c1C#N. The number of para-hydroxylation sites is 2. The van der Waals surface area contributed by atoms with Crippen molar-refractivity contribution in [1.82, 2.24) is 14.3 Å². The van der Waals surface area contributed by atoms with E-state index in [0.717, 1.165) is 72.2 Å². The minimum atomic E-state index is 0.659. The second-order valence-electron chi connectivity index (χ2n) is 9.73. The minimum Gasteiger partial charge on any atom is -0.355 e. The maximum Gasteiger partial charge on any atom is 0.157 e. The van der Waals surface area contributed by atoms with Crippen LogP contribution in [0.15, 0.2) is 78.9 Å². The van der Waals surface area contributed by atoms with Crippen molar-refractivity contribution in [2.45, 2.75) is 19.9 Å². The predicted octanol–water partition coefficient (Wildman–Crippen LogP) is 6.23. The van der Waals surface area contributed by atoms with Crippen LogP contribution in [-0.4, -0.2) is 40.5 Å². The molecule has 1 aliphatic heterocycles. The van der Waals surface area contributed by atoms with Crippen LogP contribution in [0.4, 0.5) is 5.82 Å². The van der Waals surface area contributed by atoms with Gasteiger partial charge in [-0.2, -0.15) is 5.26 Å². The molecule has 0 spiro atoms. The van der Waals surface area contributed by atoms with Crippen LogP contribution in [0.5, 0.6) is 0 Å². The predicted molar refractivity (Wildman–Crippen MR) is 150 cm³/mol. The number of nitriles is 1. The van der Waals surface area contributed by atoms with Crippen molar-refractivity contribution in [3.8, 4) is 6.07 Å². The van der Waals surface area contributed by atoms with Gasteiger partial charge in [-0.25, -0.2) is 4.98 Å². The normalized spacial score (nSPS) is 14.4. The third kappa shape index (κ3) is 4.44. The monoisotopic (exact) mass is 505 g/mol. The maximum atomic E-state index is 10.2. The molecule has 3 heterocycles. The van der Waals surface area contributed by atoms with Gasteiger partial charge < -0.3 is 4.90 Å². The minimum absolute atomic E-state index is 0.659. The molecular formula is C31H28ClN5. The molecule has 0 amide bonds. The van der Waals surface area contributed by atoms with Crippen molar-refractivity contribution in [2.24, 2.45) is 0 Å². The van der Waals surface area contributed by atoms with E-state index in [9.17, 15) is 5.26 Å². The van der Waals surface area contributed by atoms with E-state index in [1.165, 1.54) is 16.7 Å². The van der Waals surface area contributed by atoms with E-state index < -0.39 is 0 Å². The summed E-state index contributed by atoms with van der Waals surface area (Å²) in [6.45, 7) is 6.72. The first kappa shape index (κ1) is 23.5. The van der Waals surface area contributed by atoms with E-state index in [1.807, 2.05) is 36.4 Å². The second-order valence-corrected chi connectivity index (χ2v) is 10.2. The van der Waals surface area contributed by atoms with Crippen molar-refractivity contribution < 1.29 is 0 Å². The molecule has 5 nitrogen and oxygen atoms in total. The number of rotatable bonds is 5. The van der Waals surface area contributed by atoms with Gasteiger partial charge >= 0.3 is 0 Å². The summed E-state index contributed by atoms with van der Waals surface area (Å²) in [6, 6.07) is 29.3. The van der Waals surface area contributed by atoms with Gasteiger partial charge in [0, 0.05) is 49.7 Å². The summed E-state index contributed by atoms with van der Waals surface area (Å²) in [5.74, 6) is 1.16. The average Bonchev–Trinajstić information content (AvgIpc) is 3.31. The van der Waals surface area contributed by atoms with Crippen molar-refractivity contribution in [3.63, 3.8) is 0 Å². The van der Waals surface area contributed by atoms with E-state index in [-0.39, 0.29) is 0 Å². The molecule has 5 aromatic rings. The fraction of sp³-hybridized carbons (Fsp3) is 0.226.